The van der Waals surface area contributed by atoms with Crippen molar-refractivity contribution in [3.63, 3.8) is 0 Å². The molecular formula is C21H24N2O6S. The Hall–Kier alpha value is -2.62. The van der Waals surface area contributed by atoms with Crippen LogP contribution in [0.3, 0.4) is 0 Å². The minimum atomic E-state index is -3.74. The molecule has 2 N–H and O–H groups in total. The zero-order chi connectivity index (χ0) is 21.0. The molecule has 0 unspecified atom stereocenters. The highest BCUT2D eigenvalue weighted by Gasteiger charge is 2.21. The van der Waals surface area contributed by atoms with E-state index in [4.69, 9.17) is 14.2 Å². The Kier molecular flexibility index (Phi) is 6.21. The van der Waals surface area contributed by atoms with Crippen molar-refractivity contribution >= 4 is 21.6 Å². The van der Waals surface area contributed by atoms with Gasteiger partial charge in [-0.2, -0.15) is 0 Å². The number of benzene rings is 2. The lowest BCUT2D eigenvalue weighted by Gasteiger charge is -2.13. The number of carbonyl (C=O) groups excluding carboxylic acids is 1. The van der Waals surface area contributed by atoms with Crippen LogP contribution in [0.5, 0.6) is 11.5 Å². The molecule has 9 heteroatoms. The van der Waals surface area contributed by atoms with Crippen molar-refractivity contribution in [2.24, 2.45) is 0 Å². The molecule has 8 nitrogen and oxygen atoms in total. The highest BCUT2D eigenvalue weighted by Crippen LogP contribution is 2.32. The summed E-state index contributed by atoms with van der Waals surface area (Å²) in [5.74, 6) is 0.788. The normalized spacial score (nSPS) is 18.6. The number of hydrogen-bond acceptors (Lipinski definition) is 6. The smallest absolute Gasteiger partial charge is 0.255 e. The van der Waals surface area contributed by atoms with Crippen molar-refractivity contribution in [2.75, 3.05) is 31.7 Å². The minimum absolute atomic E-state index is 0.0341. The van der Waals surface area contributed by atoms with Crippen LogP contribution in [-0.4, -0.2) is 46.8 Å². The summed E-state index contributed by atoms with van der Waals surface area (Å²) in [5, 5.41) is 2.77. The van der Waals surface area contributed by atoms with Crippen molar-refractivity contribution in [1.29, 1.82) is 0 Å². The average molecular weight is 432 g/mol. The van der Waals surface area contributed by atoms with Crippen LogP contribution < -0.4 is 19.5 Å². The third kappa shape index (κ3) is 4.92. The fraction of sp³-hybridized carbons (Fsp3) is 0.381. The van der Waals surface area contributed by atoms with E-state index in [1.54, 1.807) is 30.3 Å². The molecule has 2 aliphatic heterocycles. The quantitative estimate of drug-likeness (QED) is 0.727. The Balaban J connectivity index is 1.45. The Labute approximate surface area is 175 Å². The fourth-order valence-corrected chi connectivity index (χ4v) is 4.45. The molecule has 0 spiro atoms. The molecule has 1 amide bonds. The highest BCUT2D eigenvalue weighted by atomic mass is 32.2. The third-order valence-corrected chi connectivity index (χ3v) is 6.36. The molecule has 0 bridgehead atoms. The van der Waals surface area contributed by atoms with Gasteiger partial charge < -0.3 is 19.5 Å². The van der Waals surface area contributed by atoms with Crippen LogP contribution in [0.1, 0.15) is 29.6 Å². The van der Waals surface area contributed by atoms with Crippen LogP contribution in [0.4, 0.5) is 5.69 Å². The van der Waals surface area contributed by atoms with E-state index in [0.717, 1.165) is 19.3 Å². The predicted octanol–water partition coefficient (Wildman–Crippen LogP) is 2.56. The topological polar surface area (TPSA) is 103 Å². The molecule has 1 fully saturated rings. The number of hydrogen-bond donors (Lipinski definition) is 2. The summed E-state index contributed by atoms with van der Waals surface area (Å²) < 4.78 is 44.4. The average Bonchev–Trinajstić information content (AvgIpc) is 3.17. The summed E-state index contributed by atoms with van der Waals surface area (Å²) >= 11 is 0. The molecule has 160 valence electrons. The first-order chi connectivity index (χ1) is 14.5. The van der Waals surface area contributed by atoms with Crippen LogP contribution in [0.2, 0.25) is 0 Å². The van der Waals surface area contributed by atoms with Crippen LogP contribution in [0.15, 0.2) is 47.4 Å². The zero-order valence-corrected chi connectivity index (χ0v) is 17.2. The van der Waals surface area contributed by atoms with Gasteiger partial charge in [-0.1, -0.05) is 6.07 Å². The van der Waals surface area contributed by atoms with Crippen LogP contribution in [0.25, 0.3) is 0 Å². The van der Waals surface area contributed by atoms with E-state index in [9.17, 15) is 13.2 Å². The van der Waals surface area contributed by atoms with E-state index in [1.807, 2.05) is 0 Å². The van der Waals surface area contributed by atoms with Gasteiger partial charge >= 0.3 is 0 Å². The maximum absolute atomic E-state index is 12.7. The van der Waals surface area contributed by atoms with E-state index < -0.39 is 15.9 Å². The molecule has 2 aromatic rings. The first kappa shape index (κ1) is 20.6. The molecule has 0 aromatic heterocycles. The molecule has 0 aliphatic carbocycles. The van der Waals surface area contributed by atoms with Gasteiger partial charge in [-0.15, -0.1) is 0 Å². The minimum Gasteiger partial charge on any atom is -0.490 e. The number of rotatable bonds is 6. The molecule has 0 saturated carbocycles. The molecule has 0 radical (unpaired) electrons. The van der Waals surface area contributed by atoms with Gasteiger partial charge in [0.05, 0.1) is 24.2 Å². The van der Waals surface area contributed by atoms with E-state index >= 15 is 0 Å². The summed E-state index contributed by atoms with van der Waals surface area (Å²) in [6.45, 7) is 2.00. The monoisotopic (exact) mass is 432 g/mol. The summed E-state index contributed by atoms with van der Waals surface area (Å²) in [6, 6.07) is 11.1. The maximum Gasteiger partial charge on any atom is 0.255 e. The summed E-state index contributed by atoms with van der Waals surface area (Å²) in [6.07, 6.45) is 2.45. The maximum atomic E-state index is 12.7. The highest BCUT2D eigenvalue weighted by molar-refractivity contribution is 7.89. The summed E-state index contributed by atoms with van der Waals surface area (Å²) in [7, 11) is -3.74. The molecule has 2 aromatic carbocycles. The summed E-state index contributed by atoms with van der Waals surface area (Å²) in [4.78, 5) is 12.7. The Bertz CT molecular complexity index is 1020. The Morgan fingerprint density at radius 1 is 1.00 bits per heavy atom. The molecule has 30 heavy (non-hydrogen) atoms. The van der Waals surface area contributed by atoms with E-state index in [2.05, 4.69) is 10.0 Å². The van der Waals surface area contributed by atoms with Crippen molar-refractivity contribution < 1.29 is 27.4 Å². The Morgan fingerprint density at radius 3 is 2.63 bits per heavy atom. The standard InChI is InChI=1S/C21H24N2O6S/c24-21(23-16-7-8-19-20(13-16)29-11-3-10-28-19)15-4-1-6-18(12-15)30(25,26)22-14-17-5-2-9-27-17/h1,4,6-8,12-13,17,22H,2-3,5,9-11,14H2,(H,23,24)/t17-/m0/s1. The van der Waals surface area contributed by atoms with Gasteiger partial charge in [0.2, 0.25) is 10.0 Å². The first-order valence-corrected chi connectivity index (χ1v) is 11.4. The molecule has 4 rings (SSSR count). The van der Waals surface area contributed by atoms with Gasteiger partial charge in [0, 0.05) is 36.9 Å². The number of ether oxygens (including phenoxy) is 3. The lowest BCUT2D eigenvalue weighted by Crippen LogP contribution is -2.32. The van der Waals surface area contributed by atoms with Gasteiger partial charge in [-0.25, -0.2) is 13.1 Å². The SMILES string of the molecule is O=C(Nc1ccc2c(c1)OCCCO2)c1cccc(S(=O)(=O)NC[C@@H]2CCCO2)c1. The van der Waals surface area contributed by atoms with Crippen molar-refractivity contribution in [3.8, 4) is 11.5 Å². The second kappa shape index (κ2) is 9.03. The van der Waals surface area contributed by atoms with Gasteiger partial charge in [-0.3, -0.25) is 4.79 Å². The lowest BCUT2D eigenvalue weighted by atomic mass is 10.2. The van der Waals surface area contributed by atoms with Gasteiger partial charge in [0.25, 0.3) is 5.91 Å². The van der Waals surface area contributed by atoms with E-state index in [0.29, 0.717) is 37.0 Å². The van der Waals surface area contributed by atoms with Crippen LogP contribution >= 0.6 is 0 Å². The molecule has 2 aliphatic rings. The fourth-order valence-electron chi connectivity index (χ4n) is 3.34. The number of nitrogens with one attached hydrogen (secondary N) is 2. The van der Waals surface area contributed by atoms with Gasteiger partial charge in [0.15, 0.2) is 11.5 Å². The number of sulfonamides is 1. The second-order valence-corrected chi connectivity index (χ2v) is 8.95. The first-order valence-electron chi connectivity index (χ1n) is 9.94. The van der Waals surface area contributed by atoms with Crippen LogP contribution in [-0.2, 0) is 14.8 Å². The molecule has 2 heterocycles. The number of fused-ring (bicyclic) bond motifs is 1. The largest absolute Gasteiger partial charge is 0.490 e. The van der Waals surface area contributed by atoms with Gasteiger partial charge in [-0.05, 0) is 43.2 Å². The number of anilines is 1. The summed E-state index contributed by atoms with van der Waals surface area (Å²) in [5.41, 5.74) is 0.774. The predicted molar refractivity (Wildman–Crippen MR) is 111 cm³/mol. The van der Waals surface area contributed by atoms with Gasteiger partial charge in [0.1, 0.15) is 0 Å². The van der Waals surface area contributed by atoms with Crippen molar-refractivity contribution in [2.45, 2.75) is 30.3 Å². The number of amides is 1. The lowest BCUT2D eigenvalue weighted by molar-refractivity contribution is 0.102. The van der Waals surface area contributed by atoms with Crippen LogP contribution in [0, 0.1) is 0 Å². The van der Waals surface area contributed by atoms with Crippen molar-refractivity contribution in [3.05, 3.63) is 48.0 Å². The third-order valence-electron chi connectivity index (χ3n) is 4.94. The number of carbonyl (C=O) groups is 1. The van der Waals surface area contributed by atoms with E-state index in [1.165, 1.54) is 12.1 Å². The molecule has 1 atom stereocenters. The molecular weight excluding hydrogens is 408 g/mol. The molecule has 1 saturated heterocycles. The zero-order valence-electron chi connectivity index (χ0n) is 16.4. The Morgan fingerprint density at radius 2 is 1.83 bits per heavy atom. The van der Waals surface area contributed by atoms with E-state index in [-0.39, 0.29) is 23.1 Å². The van der Waals surface area contributed by atoms with Crippen molar-refractivity contribution in [1.82, 2.24) is 4.72 Å². The second-order valence-electron chi connectivity index (χ2n) is 7.18.